The van der Waals surface area contributed by atoms with Crippen molar-refractivity contribution in [2.75, 3.05) is 6.54 Å². The number of fused-ring (bicyclic) bond motifs is 1. The molecule has 1 atom stereocenters. The number of nitrogens with one attached hydrogen (secondary N) is 2. The monoisotopic (exact) mass is 307 g/mol. The minimum absolute atomic E-state index is 0.253. The quantitative estimate of drug-likeness (QED) is 0.842. The van der Waals surface area contributed by atoms with Crippen LogP contribution in [-0.2, 0) is 0 Å². The Bertz CT molecular complexity index is 573. The molecule has 1 aliphatic heterocycles. The lowest BCUT2D eigenvalue weighted by molar-refractivity contribution is 0.175. The van der Waals surface area contributed by atoms with Crippen molar-refractivity contribution in [3.05, 3.63) is 28.5 Å². The van der Waals surface area contributed by atoms with Crippen LogP contribution in [0.5, 0.6) is 0 Å². The van der Waals surface area contributed by atoms with Crippen LogP contribution in [0.4, 0.5) is 0 Å². The molecule has 4 heteroatoms. The van der Waals surface area contributed by atoms with Gasteiger partial charge in [-0.2, -0.15) is 0 Å². The third-order valence-corrected chi connectivity index (χ3v) is 4.36. The Hall–Kier alpha value is -0.870. The molecule has 0 amide bonds. The molecule has 1 saturated heterocycles. The van der Waals surface area contributed by atoms with Gasteiger partial charge in [-0.3, -0.25) is 0 Å². The molecular weight excluding hydrogens is 290 g/mol. The van der Waals surface area contributed by atoms with Crippen molar-refractivity contribution in [2.45, 2.75) is 32.7 Å². The maximum atomic E-state index is 4.73. The van der Waals surface area contributed by atoms with Crippen LogP contribution < -0.4 is 5.32 Å². The Labute approximate surface area is 116 Å². The largest absolute Gasteiger partial charge is 0.341 e. The van der Waals surface area contributed by atoms with Crippen molar-refractivity contribution in [1.82, 2.24) is 15.3 Å². The first-order chi connectivity index (χ1) is 8.56. The van der Waals surface area contributed by atoms with Crippen LogP contribution in [0.2, 0.25) is 0 Å². The number of H-pyrrole nitrogens is 1. The minimum Gasteiger partial charge on any atom is -0.341 e. The molecule has 1 aromatic carbocycles. The molecule has 0 spiro atoms. The van der Waals surface area contributed by atoms with Crippen LogP contribution in [0.1, 0.15) is 38.6 Å². The molecule has 1 aliphatic rings. The molecule has 0 saturated carbocycles. The van der Waals surface area contributed by atoms with Gasteiger partial charge in [0.15, 0.2) is 0 Å². The van der Waals surface area contributed by atoms with E-state index in [2.05, 4.69) is 52.2 Å². The van der Waals surface area contributed by atoms with E-state index in [-0.39, 0.29) is 5.41 Å². The van der Waals surface area contributed by atoms with Gasteiger partial charge in [0.1, 0.15) is 5.82 Å². The molecule has 0 radical (unpaired) electrons. The number of hydrogen-bond donors (Lipinski definition) is 2. The Morgan fingerprint density at radius 2 is 2.22 bits per heavy atom. The number of halogens is 1. The van der Waals surface area contributed by atoms with Gasteiger partial charge in [0.2, 0.25) is 0 Å². The first-order valence-electron chi connectivity index (χ1n) is 6.45. The molecule has 0 bridgehead atoms. The summed E-state index contributed by atoms with van der Waals surface area (Å²) >= 11 is 3.50. The zero-order valence-electron chi connectivity index (χ0n) is 10.8. The van der Waals surface area contributed by atoms with E-state index in [1.165, 1.54) is 12.8 Å². The van der Waals surface area contributed by atoms with Gasteiger partial charge in [0, 0.05) is 4.47 Å². The molecule has 0 aliphatic carbocycles. The average Bonchev–Trinajstić information content (AvgIpc) is 2.70. The molecule has 1 unspecified atom stereocenters. The third-order valence-electron chi connectivity index (χ3n) is 3.86. The molecule has 3 rings (SSSR count). The van der Waals surface area contributed by atoms with E-state index >= 15 is 0 Å². The second kappa shape index (κ2) is 4.35. The molecule has 18 heavy (non-hydrogen) atoms. The summed E-state index contributed by atoms with van der Waals surface area (Å²) in [6, 6.07) is 6.49. The number of piperidine rings is 1. The first-order valence-corrected chi connectivity index (χ1v) is 7.24. The first kappa shape index (κ1) is 12.2. The van der Waals surface area contributed by atoms with Gasteiger partial charge < -0.3 is 10.3 Å². The Balaban J connectivity index is 2.03. The summed E-state index contributed by atoms with van der Waals surface area (Å²) in [4.78, 5) is 8.19. The molecule has 2 heterocycles. The highest BCUT2D eigenvalue weighted by Crippen LogP contribution is 2.39. The number of aromatic nitrogens is 2. The highest BCUT2D eigenvalue weighted by atomic mass is 79.9. The topological polar surface area (TPSA) is 40.7 Å². The summed E-state index contributed by atoms with van der Waals surface area (Å²) in [5.41, 5.74) is 2.39. The summed E-state index contributed by atoms with van der Waals surface area (Å²) in [6.07, 6.45) is 2.49. The second-order valence-electron chi connectivity index (χ2n) is 5.76. The molecule has 3 nitrogen and oxygen atoms in total. The molecular formula is C14H18BrN3. The van der Waals surface area contributed by atoms with Crippen LogP contribution in [0.3, 0.4) is 0 Å². The van der Waals surface area contributed by atoms with Crippen molar-refractivity contribution in [3.8, 4) is 0 Å². The van der Waals surface area contributed by atoms with Gasteiger partial charge in [-0.25, -0.2) is 4.98 Å². The molecule has 2 aromatic rings. The fourth-order valence-corrected chi connectivity index (χ4v) is 3.18. The van der Waals surface area contributed by atoms with Gasteiger partial charge >= 0.3 is 0 Å². The molecule has 1 aromatic heterocycles. The summed E-state index contributed by atoms with van der Waals surface area (Å²) < 4.78 is 1.08. The normalized spacial score (nSPS) is 23.4. The maximum absolute atomic E-state index is 4.73. The maximum Gasteiger partial charge on any atom is 0.125 e. The predicted molar refractivity (Wildman–Crippen MR) is 77.6 cm³/mol. The van der Waals surface area contributed by atoms with Crippen LogP contribution in [0, 0.1) is 5.41 Å². The second-order valence-corrected chi connectivity index (χ2v) is 6.68. The number of rotatable bonds is 1. The number of hydrogen-bond acceptors (Lipinski definition) is 2. The molecule has 1 fully saturated rings. The lowest BCUT2D eigenvalue weighted by atomic mass is 9.77. The van der Waals surface area contributed by atoms with E-state index in [0.717, 1.165) is 27.9 Å². The summed E-state index contributed by atoms with van der Waals surface area (Å²) in [6.45, 7) is 5.70. The minimum atomic E-state index is 0.253. The number of benzene rings is 1. The number of imidazole rings is 1. The SMILES string of the molecule is CC1(C)CCCNC1c1nc2ccc(Br)cc2[nH]1. The van der Waals surface area contributed by atoms with Crippen LogP contribution in [0.25, 0.3) is 11.0 Å². The van der Waals surface area contributed by atoms with E-state index in [4.69, 9.17) is 4.98 Å². The van der Waals surface area contributed by atoms with Crippen molar-refractivity contribution >= 4 is 27.0 Å². The number of aromatic amines is 1. The fourth-order valence-electron chi connectivity index (χ4n) is 2.82. The highest BCUT2D eigenvalue weighted by molar-refractivity contribution is 9.10. The van der Waals surface area contributed by atoms with Gasteiger partial charge in [-0.15, -0.1) is 0 Å². The van der Waals surface area contributed by atoms with E-state index in [1.54, 1.807) is 0 Å². The smallest absolute Gasteiger partial charge is 0.125 e. The van der Waals surface area contributed by atoms with E-state index < -0.39 is 0 Å². The van der Waals surface area contributed by atoms with Crippen molar-refractivity contribution in [2.24, 2.45) is 5.41 Å². The van der Waals surface area contributed by atoms with E-state index in [0.29, 0.717) is 6.04 Å². The number of nitrogens with zero attached hydrogens (tertiary/aromatic N) is 1. The van der Waals surface area contributed by atoms with Crippen LogP contribution >= 0.6 is 15.9 Å². The third kappa shape index (κ3) is 2.08. The summed E-state index contributed by atoms with van der Waals surface area (Å²) in [5, 5.41) is 3.60. The predicted octanol–water partition coefficient (Wildman–Crippen LogP) is 3.78. The van der Waals surface area contributed by atoms with E-state index in [1.807, 2.05) is 6.07 Å². The van der Waals surface area contributed by atoms with Gasteiger partial charge in [-0.1, -0.05) is 29.8 Å². The summed E-state index contributed by atoms with van der Waals surface area (Å²) in [5.74, 6) is 1.06. The van der Waals surface area contributed by atoms with Gasteiger partial charge in [0.25, 0.3) is 0 Å². The lowest BCUT2D eigenvalue weighted by Gasteiger charge is -2.38. The van der Waals surface area contributed by atoms with Crippen LogP contribution in [0.15, 0.2) is 22.7 Å². The van der Waals surface area contributed by atoms with Gasteiger partial charge in [0.05, 0.1) is 17.1 Å². The van der Waals surface area contributed by atoms with Gasteiger partial charge in [-0.05, 0) is 43.0 Å². The average molecular weight is 308 g/mol. The Kier molecular flexibility index (Phi) is 2.94. The zero-order valence-corrected chi connectivity index (χ0v) is 12.3. The highest BCUT2D eigenvalue weighted by Gasteiger charge is 2.35. The summed E-state index contributed by atoms with van der Waals surface area (Å²) in [7, 11) is 0. The van der Waals surface area contributed by atoms with Crippen molar-refractivity contribution in [3.63, 3.8) is 0 Å². The standard InChI is InChI=1S/C14H18BrN3/c1-14(2)6-3-7-16-12(14)13-17-10-5-4-9(15)8-11(10)18-13/h4-5,8,12,16H,3,6-7H2,1-2H3,(H,17,18). The fraction of sp³-hybridized carbons (Fsp3) is 0.500. The molecule has 2 N–H and O–H groups in total. The zero-order chi connectivity index (χ0) is 12.8. The molecule has 96 valence electrons. The van der Waals surface area contributed by atoms with Crippen molar-refractivity contribution in [1.29, 1.82) is 0 Å². The lowest BCUT2D eigenvalue weighted by Crippen LogP contribution is -2.40. The Morgan fingerprint density at radius 1 is 1.39 bits per heavy atom. The van der Waals surface area contributed by atoms with E-state index in [9.17, 15) is 0 Å². The van der Waals surface area contributed by atoms with Crippen LogP contribution in [-0.4, -0.2) is 16.5 Å². The van der Waals surface area contributed by atoms with Crippen molar-refractivity contribution < 1.29 is 0 Å². The Morgan fingerprint density at radius 3 is 3.00 bits per heavy atom.